The molecule has 2 aromatic rings. The molecule has 2 aromatic carbocycles. The predicted molar refractivity (Wildman–Crippen MR) is 83.0 cm³/mol. The van der Waals surface area contributed by atoms with Gasteiger partial charge in [-0.05, 0) is 48.7 Å². The molecule has 1 unspecified atom stereocenters. The summed E-state index contributed by atoms with van der Waals surface area (Å²) in [5.41, 5.74) is 2.83. The van der Waals surface area contributed by atoms with E-state index >= 15 is 0 Å². The standard InChI is InChI=1S/C17H16ClNO2/c1-11(12-2-5-14(18)6-3-12)21-15-7-4-13-8-9-19-17(20)16(13)10-15/h2-7,10-11H,8-9H2,1H3,(H,19,20). The first-order chi connectivity index (χ1) is 10.1. The van der Waals surface area contributed by atoms with Crippen LogP contribution in [0.15, 0.2) is 42.5 Å². The van der Waals surface area contributed by atoms with Crippen LogP contribution in [0.1, 0.15) is 34.5 Å². The molecule has 1 aliphatic heterocycles. The van der Waals surface area contributed by atoms with Crippen molar-refractivity contribution in [2.75, 3.05) is 6.54 Å². The molecule has 3 nitrogen and oxygen atoms in total. The normalized spacial score (nSPS) is 15.0. The van der Waals surface area contributed by atoms with Gasteiger partial charge < -0.3 is 10.1 Å². The Morgan fingerprint density at radius 3 is 2.71 bits per heavy atom. The summed E-state index contributed by atoms with van der Waals surface area (Å²) in [6, 6.07) is 13.3. The molecule has 4 heteroatoms. The first kappa shape index (κ1) is 14.0. The zero-order valence-electron chi connectivity index (χ0n) is 11.7. The van der Waals surface area contributed by atoms with Gasteiger partial charge in [0.05, 0.1) is 0 Å². The van der Waals surface area contributed by atoms with Crippen LogP contribution in [0.2, 0.25) is 5.02 Å². The number of carbonyl (C=O) groups excluding carboxylic acids is 1. The van der Waals surface area contributed by atoms with Crippen LogP contribution in [0.4, 0.5) is 0 Å². The maximum atomic E-state index is 11.8. The highest BCUT2D eigenvalue weighted by Gasteiger charge is 2.17. The molecular formula is C17H16ClNO2. The van der Waals surface area contributed by atoms with Gasteiger partial charge in [0, 0.05) is 17.1 Å². The van der Waals surface area contributed by atoms with E-state index in [1.807, 2.05) is 49.4 Å². The fraction of sp³-hybridized carbons (Fsp3) is 0.235. The van der Waals surface area contributed by atoms with E-state index in [1.54, 1.807) is 0 Å². The maximum absolute atomic E-state index is 11.8. The van der Waals surface area contributed by atoms with Crippen molar-refractivity contribution in [2.24, 2.45) is 0 Å². The fourth-order valence-corrected chi connectivity index (χ4v) is 2.60. The second-order valence-electron chi connectivity index (χ2n) is 5.14. The Balaban J connectivity index is 1.80. The Hall–Kier alpha value is -2.00. The molecule has 1 atom stereocenters. The van der Waals surface area contributed by atoms with Crippen molar-refractivity contribution in [3.05, 3.63) is 64.2 Å². The smallest absolute Gasteiger partial charge is 0.251 e. The summed E-state index contributed by atoms with van der Waals surface area (Å²) in [5.74, 6) is 0.675. The molecular weight excluding hydrogens is 286 g/mol. The lowest BCUT2D eigenvalue weighted by Crippen LogP contribution is -2.31. The Labute approximate surface area is 128 Å². The third-order valence-electron chi connectivity index (χ3n) is 3.66. The molecule has 0 aromatic heterocycles. The van der Waals surface area contributed by atoms with E-state index in [4.69, 9.17) is 16.3 Å². The van der Waals surface area contributed by atoms with Gasteiger partial charge in [0.1, 0.15) is 11.9 Å². The van der Waals surface area contributed by atoms with Crippen molar-refractivity contribution in [1.82, 2.24) is 5.32 Å². The lowest BCUT2D eigenvalue weighted by molar-refractivity contribution is 0.0945. The average Bonchev–Trinajstić information content (AvgIpc) is 2.49. The Bertz CT molecular complexity index is 667. The number of benzene rings is 2. The Morgan fingerprint density at radius 1 is 1.19 bits per heavy atom. The zero-order valence-corrected chi connectivity index (χ0v) is 12.5. The number of amides is 1. The van der Waals surface area contributed by atoms with Crippen LogP contribution in [0.5, 0.6) is 5.75 Å². The second kappa shape index (κ2) is 5.78. The third kappa shape index (κ3) is 3.03. The molecule has 0 fully saturated rings. The van der Waals surface area contributed by atoms with E-state index in [9.17, 15) is 4.79 Å². The van der Waals surface area contributed by atoms with Gasteiger partial charge in [0.2, 0.25) is 0 Å². The molecule has 3 rings (SSSR count). The number of fused-ring (bicyclic) bond motifs is 1. The minimum absolute atomic E-state index is 0.0270. The molecule has 1 heterocycles. The van der Waals surface area contributed by atoms with Crippen molar-refractivity contribution in [3.8, 4) is 5.75 Å². The molecule has 108 valence electrons. The number of carbonyl (C=O) groups is 1. The SMILES string of the molecule is CC(Oc1ccc2c(c1)C(=O)NCC2)c1ccc(Cl)cc1. The molecule has 1 amide bonds. The zero-order chi connectivity index (χ0) is 14.8. The quantitative estimate of drug-likeness (QED) is 0.937. The molecule has 0 saturated heterocycles. The summed E-state index contributed by atoms with van der Waals surface area (Å²) in [7, 11) is 0. The molecule has 0 aliphatic carbocycles. The summed E-state index contributed by atoms with van der Waals surface area (Å²) in [6.45, 7) is 2.68. The van der Waals surface area contributed by atoms with Crippen molar-refractivity contribution in [1.29, 1.82) is 0 Å². The molecule has 1 N–H and O–H groups in total. The van der Waals surface area contributed by atoms with Crippen molar-refractivity contribution < 1.29 is 9.53 Å². The lowest BCUT2D eigenvalue weighted by Gasteiger charge is -2.19. The van der Waals surface area contributed by atoms with Crippen LogP contribution in [0, 0.1) is 0 Å². The number of hydrogen-bond donors (Lipinski definition) is 1. The highest BCUT2D eigenvalue weighted by molar-refractivity contribution is 6.30. The van der Waals surface area contributed by atoms with Gasteiger partial charge in [-0.1, -0.05) is 29.8 Å². The number of rotatable bonds is 3. The molecule has 0 saturated carbocycles. The van der Waals surface area contributed by atoms with Crippen molar-refractivity contribution >= 4 is 17.5 Å². The summed E-state index contributed by atoms with van der Waals surface area (Å²) in [5, 5.41) is 3.55. The Kier molecular flexibility index (Phi) is 3.84. The summed E-state index contributed by atoms with van der Waals surface area (Å²) in [6.07, 6.45) is 0.764. The second-order valence-corrected chi connectivity index (χ2v) is 5.57. The first-order valence-electron chi connectivity index (χ1n) is 6.97. The number of hydrogen-bond acceptors (Lipinski definition) is 2. The highest BCUT2D eigenvalue weighted by atomic mass is 35.5. The van der Waals surface area contributed by atoms with Gasteiger partial charge in [0.25, 0.3) is 5.91 Å². The van der Waals surface area contributed by atoms with Crippen molar-refractivity contribution in [2.45, 2.75) is 19.4 Å². The van der Waals surface area contributed by atoms with Gasteiger partial charge in [-0.3, -0.25) is 4.79 Å². The minimum atomic E-state index is -0.105. The van der Waals surface area contributed by atoms with Crippen LogP contribution in [-0.2, 0) is 6.42 Å². The summed E-state index contributed by atoms with van der Waals surface area (Å²) < 4.78 is 5.93. The van der Waals surface area contributed by atoms with E-state index in [2.05, 4.69) is 5.32 Å². The van der Waals surface area contributed by atoms with Gasteiger partial charge in [-0.25, -0.2) is 0 Å². The number of nitrogens with one attached hydrogen (secondary N) is 1. The van der Waals surface area contributed by atoms with E-state index in [-0.39, 0.29) is 12.0 Å². The van der Waals surface area contributed by atoms with Crippen LogP contribution in [0.25, 0.3) is 0 Å². The van der Waals surface area contributed by atoms with E-state index in [0.29, 0.717) is 22.9 Å². The van der Waals surface area contributed by atoms with E-state index in [1.165, 1.54) is 0 Å². The lowest BCUT2D eigenvalue weighted by atomic mass is 10.0. The summed E-state index contributed by atoms with van der Waals surface area (Å²) >= 11 is 5.89. The summed E-state index contributed by atoms with van der Waals surface area (Å²) in [4.78, 5) is 11.8. The van der Waals surface area contributed by atoms with E-state index < -0.39 is 0 Å². The maximum Gasteiger partial charge on any atom is 0.251 e. The molecule has 0 bridgehead atoms. The van der Waals surface area contributed by atoms with Gasteiger partial charge in [-0.15, -0.1) is 0 Å². The predicted octanol–water partition coefficient (Wildman–Crippen LogP) is 3.77. The van der Waals surface area contributed by atoms with Crippen LogP contribution >= 0.6 is 11.6 Å². The highest BCUT2D eigenvalue weighted by Crippen LogP contribution is 2.26. The minimum Gasteiger partial charge on any atom is -0.486 e. The number of halogens is 1. The number of ether oxygens (including phenoxy) is 1. The molecule has 21 heavy (non-hydrogen) atoms. The monoisotopic (exact) mass is 301 g/mol. The first-order valence-corrected chi connectivity index (χ1v) is 7.34. The molecule has 0 radical (unpaired) electrons. The molecule has 1 aliphatic rings. The largest absolute Gasteiger partial charge is 0.486 e. The fourth-order valence-electron chi connectivity index (χ4n) is 2.47. The van der Waals surface area contributed by atoms with Gasteiger partial charge in [0.15, 0.2) is 0 Å². The van der Waals surface area contributed by atoms with Gasteiger partial charge in [-0.2, -0.15) is 0 Å². The third-order valence-corrected chi connectivity index (χ3v) is 3.91. The molecule has 0 spiro atoms. The van der Waals surface area contributed by atoms with Crippen LogP contribution < -0.4 is 10.1 Å². The topological polar surface area (TPSA) is 38.3 Å². The van der Waals surface area contributed by atoms with Crippen LogP contribution in [0.3, 0.4) is 0 Å². The Morgan fingerprint density at radius 2 is 1.95 bits per heavy atom. The van der Waals surface area contributed by atoms with Crippen LogP contribution in [-0.4, -0.2) is 12.5 Å². The van der Waals surface area contributed by atoms with E-state index in [0.717, 1.165) is 17.5 Å². The van der Waals surface area contributed by atoms with Gasteiger partial charge >= 0.3 is 0 Å². The average molecular weight is 302 g/mol. The van der Waals surface area contributed by atoms with Crippen molar-refractivity contribution in [3.63, 3.8) is 0 Å².